The van der Waals surface area contributed by atoms with Gasteiger partial charge in [0.1, 0.15) is 0 Å². The predicted molar refractivity (Wildman–Crippen MR) is 43.7 cm³/mol. The van der Waals surface area contributed by atoms with E-state index in [-0.39, 0.29) is 12.4 Å². The summed E-state index contributed by atoms with van der Waals surface area (Å²) in [6.07, 6.45) is 1.23. The van der Waals surface area contributed by atoms with Crippen LogP contribution in [-0.4, -0.2) is 37.0 Å². The lowest BCUT2D eigenvalue weighted by Crippen LogP contribution is -2.34. The molecule has 0 atom stereocenters. The van der Waals surface area contributed by atoms with Gasteiger partial charge in [-0.3, -0.25) is 4.99 Å². The molecule has 2 aliphatic rings. The van der Waals surface area contributed by atoms with E-state index in [0.29, 0.717) is 0 Å². The molecule has 4 heteroatoms. The average molecular weight is 162 g/mol. The quantitative estimate of drug-likeness (QED) is 0.545. The topological polar surface area (TPSA) is 27.6 Å². The SMILES string of the molecule is C1CN=C2NCCN2C1.Cl. The molecule has 0 radical (unpaired) electrons. The second-order valence-corrected chi connectivity index (χ2v) is 2.47. The van der Waals surface area contributed by atoms with Crippen molar-refractivity contribution in [1.82, 2.24) is 10.2 Å². The summed E-state index contributed by atoms with van der Waals surface area (Å²) in [5.41, 5.74) is 0. The van der Waals surface area contributed by atoms with Crippen LogP contribution in [0.5, 0.6) is 0 Å². The van der Waals surface area contributed by atoms with Crippen LogP contribution in [0.4, 0.5) is 0 Å². The summed E-state index contributed by atoms with van der Waals surface area (Å²) in [7, 11) is 0. The number of halogens is 1. The van der Waals surface area contributed by atoms with Gasteiger partial charge in [0.15, 0.2) is 5.96 Å². The van der Waals surface area contributed by atoms with Crippen LogP contribution in [0.1, 0.15) is 6.42 Å². The van der Waals surface area contributed by atoms with Crippen molar-refractivity contribution in [1.29, 1.82) is 0 Å². The van der Waals surface area contributed by atoms with Gasteiger partial charge < -0.3 is 10.2 Å². The Kier molecular flexibility index (Phi) is 2.38. The maximum atomic E-state index is 4.32. The molecule has 2 aliphatic heterocycles. The summed E-state index contributed by atoms with van der Waals surface area (Å²) < 4.78 is 0. The van der Waals surface area contributed by atoms with Gasteiger partial charge in [-0.25, -0.2) is 0 Å². The van der Waals surface area contributed by atoms with Gasteiger partial charge >= 0.3 is 0 Å². The Morgan fingerprint density at radius 3 is 3.10 bits per heavy atom. The highest BCUT2D eigenvalue weighted by atomic mass is 35.5. The average Bonchev–Trinajstić information content (AvgIpc) is 2.33. The summed E-state index contributed by atoms with van der Waals surface area (Å²) in [6.45, 7) is 4.45. The molecule has 3 nitrogen and oxygen atoms in total. The highest BCUT2D eigenvalue weighted by molar-refractivity contribution is 5.85. The van der Waals surface area contributed by atoms with Crippen LogP contribution in [0, 0.1) is 0 Å². The lowest BCUT2D eigenvalue weighted by Gasteiger charge is -2.20. The van der Waals surface area contributed by atoms with Crippen LogP contribution >= 0.6 is 12.4 Å². The van der Waals surface area contributed by atoms with Gasteiger partial charge in [-0.2, -0.15) is 0 Å². The van der Waals surface area contributed by atoms with Crippen molar-refractivity contribution in [2.75, 3.05) is 26.2 Å². The molecule has 0 aromatic rings. The first kappa shape index (κ1) is 7.66. The molecule has 2 heterocycles. The van der Waals surface area contributed by atoms with Crippen molar-refractivity contribution >= 4 is 18.4 Å². The molecule has 0 aliphatic carbocycles. The Balaban J connectivity index is 0.000000500. The van der Waals surface area contributed by atoms with Crippen LogP contribution in [0.3, 0.4) is 0 Å². The Morgan fingerprint density at radius 2 is 2.30 bits per heavy atom. The van der Waals surface area contributed by atoms with Gasteiger partial charge in [0.05, 0.1) is 0 Å². The van der Waals surface area contributed by atoms with Crippen molar-refractivity contribution in [2.45, 2.75) is 6.42 Å². The molecule has 1 N–H and O–H groups in total. The Hall–Kier alpha value is -0.440. The zero-order valence-electron chi connectivity index (χ0n) is 5.84. The van der Waals surface area contributed by atoms with Crippen LogP contribution in [0.15, 0.2) is 4.99 Å². The monoisotopic (exact) mass is 161 g/mol. The van der Waals surface area contributed by atoms with E-state index in [1.54, 1.807) is 0 Å². The van der Waals surface area contributed by atoms with Crippen molar-refractivity contribution < 1.29 is 0 Å². The van der Waals surface area contributed by atoms with Crippen molar-refractivity contribution in [3.8, 4) is 0 Å². The standard InChI is InChI=1S/C6H11N3.ClH/c1-2-7-6-8-3-5-9(6)4-1;/h1-5H2,(H,7,8);1H. The molecule has 1 fully saturated rings. The number of hydrogen-bond donors (Lipinski definition) is 1. The van der Waals surface area contributed by atoms with Crippen molar-refractivity contribution in [3.63, 3.8) is 0 Å². The molecule has 58 valence electrons. The lowest BCUT2D eigenvalue weighted by atomic mass is 10.3. The van der Waals surface area contributed by atoms with E-state index in [1.165, 1.54) is 13.0 Å². The van der Waals surface area contributed by atoms with Crippen LogP contribution in [0.25, 0.3) is 0 Å². The second kappa shape index (κ2) is 3.10. The summed E-state index contributed by atoms with van der Waals surface area (Å²) in [5.74, 6) is 1.13. The number of nitrogens with zero attached hydrogens (tertiary/aromatic N) is 2. The highest BCUT2D eigenvalue weighted by Gasteiger charge is 2.18. The number of aliphatic imine (C=N–C) groups is 1. The first-order valence-corrected chi connectivity index (χ1v) is 3.50. The molecule has 10 heavy (non-hydrogen) atoms. The minimum absolute atomic E-state index is 0. The minimum atomic E-state index is 0. The summed E-state index contributed by atoms with van der Waals surface area (Å²) in [5, 5.41) is 3.23. The molecule has 0 saturated carbocycles. The largest absolute Gasteiger partial charge is 0.354 e. The zero-order valence-corrected chi connectivity index (χ0v) is 6.65. The lowest BCUT2D eigenvalue weighted by molar-refractivity contribution is 0.434. The van der Waals surface area contributed by atoms with E-state index in [9.17, 15) is 0 Å². The summed E-state index contributed by atoms with van der Waals surface area (Å²) in [4.78, 5) is 6.63. The van der Waals surface area contributed by atoms with Crippen LogP contribution in [-0.2, 0) is 0 Å². The predicted octanol–water partition coefficient (Wildman–Crippen LogP) is 0.0731. The highest BCUT2D eigenvalue weighted by Crippen LogP contribution is 2.03. The smallest absolute Gasteiger partial charge is 0.194 e. The normalized spacial score (nSPS) is 22.4. The van der Waals surface area contributed by atoms with Gasteiger partial charge in [0, 0.05) is 26.2 Å². The molecule has 0 aromatic carbocycles. The van der Waals surface area contributed by atoms with Gasteiger partial charge in [-0.1, -0.05) is 0 Å². The van der Waals surface area contributed by atoms with Crippen LogP contribution < -0.4 is 5.32 Å². The fourth-order valence-corrected chi connectivity index (χ4v) is 1.34. The second-order valence-electron chi connectivity index (χ2n) is 2.47. The molecule has 0 amide bonds. The zero-order chi connectivity index (χ0) is 6.10. The first-order chi connectivity index (χ1) is 4.47. The molecule has 0 aromatic heterocycles. The molecule has 2 rings (SSSR count). The van der Waals surface area contributed by atoms with Gasteiger partial charge in [-0.15, -0.1) is 12.4 Å². The minimum Gasteiger partial charge on any atom is -0.354 e. The third kappa shape index (κ3) is 1.19. The fraction of sp³-hybridized carbons (Fsp3) is 0.833. The molecule has 0 spiro atoms. The summed E-state index contributed by atoms with van der Waals surface area (Å²) in [6, 6.07) is 0. The van der Waals surface area contributed by atoms with Crippen molar-refractivity contribution in [3.05, 3.63) is 0 Å². The van der Waals surface area contributed by atoms with E-state index >= 15 is 0 Å². The van der Waals surface area contributed by atoms with E-state index in [4.69, 9.17) is 0 Å². The summed E-state index contributed by atoms with van der Waals surface area (Å²) >= 11 is 0. The number of nitrogens with one attached hydrogen (secondary N) is 1. The molecule has 1 saturated heterocycles. The fourth-order valence-electron chi connectivity index (χ4n) is 1.34. The number of fused-ring (bicyclic) bond motifs is 1. The number of guanidine groups is 1. The number of hydrogen-bond acceptors (Lipinski definition) is 3. The first-order valence-electron chi connectivity index (χ1n) is 3.50. The van der Waals surface area contributed by atoms with E-state index < -0.39 is 0 Å². The number of rotatable bonds is 0. The molecule has 0 unspecified atom stereocenters. The molecular formula is C6H12ClN3. The Labute approximate surface area is 66.9 Å². The maximum Gasteiger partial charge on any atom is 0.194 e. The molecular weight excluding hydrogens is 150 g/mol. The van der Waals surface area contributed by atoms with Crippen LogP contribution in [0.2, 0.25) is 0 Å². The maximum absolute atomic E-state index is 4.32. The van der Waals surface area contributed by atoms with Crippen molar-refractivity contribution in [2.24, 2.45) is 4.99 Å². The van der Waals surface area contributed by atoms with Gasteiger partial charge in [-0.05, 0) is 6.42 Å². The third-order valence-corrected chi connectivity index (χ3v) is 1.81. The Morgan fingerprint density at radius 1 is 1.40 bits per heavy atom. The van der Waals surface area contributed by atoms with E-state index in [1.807, 2.05) is 0 Å². The van der Waals surface area contributed by atoms with Gasteiger partial charge in [0.2, 0.25) is 0 Å². The van der Waals surface area contributed by atoms with E-state index in [0.717, 1.165) is 25.6 Å². The third-order valence-electron chi connectivity index (χ3n) is 1.81. The Bertz CT molecular complexity index is 146. The van der Waals surface area contributed by atoms with Gasteiger partial charge in [0.25, 0.3) is 0 Å². The molecule has 0 bridgehead atoms. The van der Waals surface area contributed by atoms with E-state index in [2.05, 4.69) is 15.2 Å².